The third-order valence-electron chi connectivity index (χ3n) is 3.13. The molecule has 86 valence electrons. The number of benzene rings is 1. The Balaban J connectivity index is 2.49. The van der Waals surface area contributed by atoms with Crippen molar-refractivity contribution in [1.29, 1.82) is 0 Å². The zero-order valence-electron chi connectivity index (χ0n) is 10.1. The van der Waals surface area contributed by atoms with Crippen molar-refractivity contribution in [2.75, 3.05) is 6.54 Å². The first-order valence-corrected chi connectivity index (χ1v) is 6.06. The van der Waals surface area contributed by atoms with E-state index in [0.29, 0.717) is 0 Å². The lowest BCUT2D eigenvalue weighted by Gasteiger charge is -2.00. The summed E-state index contributed by atoms with van der Waals surface area (Å²) in [6.45, 7) is 5.12. The Kier molecular flexibility index (Phi) is 3.30. The molecule has 2 heteroatoms. The van der Waals surface area contributed by atoms with Crippen LogP contribution in [0.5, 0.6) is 0 Å². The van der Waals surface area contributed by atoms with Crippen LogP contribution in [-0.4, -0.2) is 11.5 Å². The maximum absolute atomic E-state index is 5.57. The number of aromatic amines is 1. The van der Waals surface area contributed by atoms with E-state index in [4.69, 9.17) is 5.73 Å². The minimum atomic E-state index is 0.761. The first kappa shape index (κ1) is 11.2. The summed E-state index contributed by atoms with van der Waals surface area (Å²) in [5.41, 5.74) is 11.0. The van der Waals surface area contributed by atoms with Gasteiger partial charge in [0.2, 0.25) is 0 Å². The number of fused-ring (bicyclic) bond motifs is 1. The van der Waals surface area contributed by atoms with Gasteiger partial charge in [0.1, 0.15) is 0 Å². The van der Waals surface area contributed by atoms with Gasteiger partial charge in [-0.2, -0.15) is 0 Å². The van der Waals surface area contributed by atoms with Gasteiger partial charge < -0.3 is 10.7 Å². The van der Waals surface area contributed by atoms with E-state index < -0.39 is 0 Å². The van der Waals surface area contributed by atoms with E-state index in [2.05, 4.69) is 37.0 Å². The van der Waals surface area contributed by atoms with Crippen LogP contribution in [0.15, 0.2) is 18.2 Å². The van der Waals surface area contributed by atoms with Gasteiger partial charge in [0.05, 0.1) is 0 Å². The Hall–Kier alpha value is -1.28. The Morgan fingerprint density at radius 2 is 2.12 bits per heavy atom. The van der Waals surface area contributed by atoms with E-state index in [1.165, 1.54) is 27.7 Å². The molecule has 2 aromatic rings. The fourth-order valence-electron chi connectivity index (χ4n) is 2.31. The maximum Gasteiger partial charge on any atom is 0.0459 e. The molecular weight excluding hydrogens is 196 g/mol. The van der Waals surface area contributed by atoms with Crippen LogP contribution >= 0.6 is 0 Å². The van der Waals surface area contributed by atoms with Crippen LogP contribution < -0.4 is 5.73 Å². The number of nitrogens with two attached hydrogens (primary N) is 1. The highest BCUT2D eigenvalue weighted by molar-refractivity contribution is 5.85. The number of rotatable bonds is 4. The average Bonchev–Trinajstić information content (AvgIpc) is 2.63. The monoisotopic (exact) mass is 216 g/mol. The smallest absolute Gasteiger partial charge is 0.0459 e. The van der Waals surface area contributed by atoms with E-state index in [9.17, 15) is 0 Å². The number of hydrogen-bond acceptors (Lipinski definition) is 1. The molecule has 2 rings (SSSR count). The number of aryl methyl sites for hydroxylation is 3. The first-order chi connectivity index (χ1) is 7.76. The molecule has 0 spiro atoms. The molecule has 0 radical (unpaired) electrons. The predicted octanol–water partition coefficient (Wildman–Crippen LogP) is 2.93. The van der Waals surface area contributed by atoms with Gasteiger partial charge in [0, 0.05) is 16.6 Å². The van der Waals surface area contributed by atoms with E-state index in [0.717, 1.165) is 25.8 Å². The Labute approximate surface area is 96.9 Å². The Morgan fingerprint density at radius 1 is 1.31 bits per heavy atom. The van der Waals surface area contributed by atoms with Crippen LogP contribution in [0, 0.1) is 6.92 Å². The van der Waals surface area contributed by atoms with E-state index in [1.807, 2.05) is 0 Å². The normalized spacial score (nSPS) is 11.2. The molecule has 0 fully saturated rings. The summed E-state index contributed by atoms with van der Waals surface area (Å²) >= 11 is 0. The Bertz CT molecular complexity index is 483. The second-order valence-corrected chi connectivity index (χ2v) is 4.38. The van der Waals surface area contributed by atoms with Gasteiger partial charge in [-0.3, -0.25) is 0 Å². The molecule has 0 aliphatic rings. The van der Waals surface area contributed by atoms with Crippen LogP contribution in [0.25, 0.3) is 10.9 Å². The van der Waals surface area contributed by atoms with Gasteiger partial charge in [0.15, 0.2) is 0 Å². The van der Waals surface area contributed by atoms with Crippen LogP contribution in [0.2, 0.25) is 0 Å². The molecule has 0 atom stereocenters. The van der Waals surface area contributed by atoms with Gasteiger partial charge >= 0.3 is 0 Å². The van der Waals surface area contributed by atoms with E-state index in [1.54, 1.807) is 0 Å². The molecule has 3 N–H and O–H groups in total. The molecule has 1 heterocycles. The van der Waals surface area contributed by atoms with E-state index in [-0.39, 0.29) is 0 Å². The van der Waals surface area contributed by atoms with Gasteiger partial charge in [-0.05, 0) is 50.4 Å². The summed E-state index contributed by atoms with van der Waals surface area (Å²) < 4.78 is 0. The molecule has 0 aliphatic carbocycles. The highest BCUT2D eigenvalue weighted by Crippen LogP contribution is 2.24. The molecular formula is C14H20N2. The summed E-state index contributed by atoms with van der Waals surface area (Å²) in [5.74, 6) is 0. The Morgan fingerprint density at radius 3 is 2.81 bits per heavy atom. The standard InChI is InChI=1S/C14H20N2/c1-3-11-12-9-10(2)6-7-14(12)16-13(11)5-4-8-15/h6-7,9,16H,3-5,8,15H2,1-2H3. The van der Waals surface area contributed by atoms with Crippen molar-refractivity contribution in [3.05, 3.63) is 35.0 Å². The van der Waals surface area contributed by atoms with Gasteiger partial charge in [0.25, 0.3) is 0 Å². The molecule has 0 amide bonds. The lowest BCUT2D eigenvalue weighted by molar-refractivity contribution is 0.808. The number of H-pyrrole nitrogens is 1. The van der Waals surface area contributed by atoms with Crippen molar-refractivity contribution in [3.8, 4) is 0 Å². The molecule has 0 saturated heterocycles. The van der Waals surface area contributed by atoms with Crippen molar-refractivity contribution in [2.45, 2.75) is 33.1 Å². The zero-order chi connectivity index (χ0) is 11.5. The third kappa shape index (κ3) is 1.98. The van der Waals surface area contributed by atoms with Crippen LogP contribution in [0.4, 0.5) is 0 Å². The average molecular weight is 216 g/mol. The van der Waals surface area contributed by atoms with Crippen molar-refractivity contribution in [3.63, 3.8) is 0 Å². The molecule has 2 nitrogen and oxygen atoms in total. The van der Waals surface area contributed by atoms with Gasteiger partial charge in [-0.1, -0.05) is 18.6 Å². The molecule has 1 aromatic carbocycles. The van der Waals surface area contributed by atoms with Crippen molar-refractivity contribution in [1.82, 2.24) is 4.98 Å². The largest absolute Gasteiger partial charge is 0.358 e. The van der Waals surface area contributed by atoms with Gasteiger partial charge in [-0.25, -0.2) is 0 Å². The highest BCUT2D eigenvalue weighted by atomic mass is 14.7. The molecule has 0 bridgehead atoms. The van der Waals surface area contributed by atoms with Crippen LogP contribution in [0.3, 0.4) is 0 Å². The van der Waals surface area contributed by atoms with Crippen molar-refractivity contribution >= 4 is 10.9 Å². The maximum atomic E-state index is 5.57. The molecule has 0 unspecified atom stereocenters. The van der Waals surface area contributed by atoms with Gasteiger partial charge in [-0.15, -0.1) is 0 Å². The predicted molar refractivity (Wildman–Crippen MR) is 69.8 cm³/mol. The minimum Gasteiger partial charge on any atom is -0.358 e. The third-order valence-corrected chi connectivity index (χ3v) is 3.13. The summed E-state index contributed by atoms with van der Waals surface area (Å²) in [5, 5.41) is 1.38. The SMILES string of the molecule is CCc1c(CCCN)[nH]c2ccc(C)cc12. The second-order valence-electron chi connectivity index (χ2n) is 4.38. The molecule has 16 heavy (non-hydrogen) atoms. The summed E-state index contributed by atoms with van der Waals surface area (Å²) in [6, 6.07) is 6.61. The van der Waals surface area contributed by atoms with Crippen molar-refractivity contribution in [2.24, 2.45) is 5.73 Å². The fourth-order valence-corrected chi connectivity index (χ4v) is 2.31. The number of aromatic nitrogens is 1. The topological polar surface area (TPSA) is 41.8 Å². The van der Waals surface area contributed by atoms with E-state index >= 15 is 0 Å². The highest BCUT2D eigenvalue weighted by Gasteiger charge is 2.09. The zero-order valence-corrected chi connectivity index (χ0v) is 10.1. The number of hydrogen-bond donors (Lipinski definition) is 2. The summed E-state index contributed by atoms with van der Waals surface area (Å²) in [4.78, 5) is 3.52. The number of nitrogens with one attached hydrogen (secondary N) is 1. The van der Waals surface area contributed by atoms with Crippen LogP contribution in [-0.2, 0) is 12.8 Å². The quantitative estimate of drug-likeness (QED) is 0.810. The first-order valence-electron chi connectivity index (χ1n) is 6.06. The fraction of sp³-hybridized carbons (Fsp3) is 0.429. The lowest BCUT2D eigenvalue weighted by Crippen LogP contribution is -2.01. The molecule has 0 saturated carbocycles. The van der Waals surface area contributed by atoms with Crippen molar-refractivity contribution < 1.29 is 0 Å². The molecule has 0 aliphatic heterocycles. The van der Waals surface area contributed by atoms with Crippen LogP contribution in [0.1, 0.15) is 30.2 Å². The summed E-state index contributed by atoms with van der Waals surface area (Å²) in [6.07, 6.45) is 3.20. The minimum absolute atomic E-state index is 0.761. The summed E-state index contributed by atoms with van der Waals surface area (Å²) in [7, 11) is 0. The molecule has 1 aromatic heterocycles. The lowest BCUT2D eigenvalue weighted by atomic mass is 10.0. The second kappa shape index (κ2) is 4.71.